The van der Waals surface area contributed by atoms with Gasteiger partial charge < -0.3 is 4.57 Å². The van der Waals surface area contributed by atoms with Crippen LogP contribution in [0.15, 0.2) is 29.1 Å². The van der Waals surface area contributed by atoms with Crippen molar-refractivity contribution in [2.24, 2.45) is 7.05 Å². The number of pyridine rings is 1. The van der Waals surface area contributed by atoms with Gasteiger partial charge in [-0.15, -0.1) is 0 Å². The van der Waals surface area contributed by atoms with Crippen LogP contribution in [0.2, 0.25) is 0 Å². The molecule has 25 heavy (non-hydrogen) atoms. The molecule has 2 aromatic heterocycles. The molecular formula is C17H14F3N3OS. The summed E-state index contributed by atoms with van der Waals surface area (Å²) >= 11 is 4.99. The van der Waals surface area contributed by atoms with Crippen LogP contribution in [-0.2, 0) is 13.2 Å². The van der Waals surface area contributed by atoms with Gasteiger partial charge in [0.25, 0.3) is 5.56 Å². The highest BCUT2D eigenvalue weighted by Gasteiger charge is 2.35. The lowest BCUT2D eigenvalue weighted by Crippen LogP contribution is -2.19. The number of nitrogens with one attached hydrogen (secondary N) is 1. The largest absolute Gasteiger partial charge is 0.417 e. The Hall–Kier alpha value is -2.48. The Morgan fingerprint density at radius 1 is 1.16 bits per heavy atom. The topological polar surface area (TPSA) is 50.7 Å². The van der Waals surface area contributed by atoms with E-state index in [9.17, 15) is 18.0 Å². The van der Waals surface area contributed by atoms with Crippen LogP contribution in [0, 0.1) is 18.6 Å². The fourth-order valence-electron chi connectivity index (χ4n) is 2.61. The Morgan fingerprint density at radius 2 is 1.84 bits per heavy atom. The molecule has 0 bridgehead atoms. The van der Waals surface area contributed by atoms with Gasteiger partial charge in [-0.3, -0.25) is 9.78 Å². The smallest absolute Gasteiger partial charge is 0.306 e. The number of aryl methyl sites for hydroxylation is 3. The van der Waals surface area contributed by atoms with Crippen molar-refractivity contribution in [2.75, 3.05) is 0 Å². The number of fused-ring (bicyclic) bond motifs is 1. The standard InChI is InChI=1S/C17H14F3N3OS/c1-8-4-5-10(6-9(8)2)12-7-11(17(18,19)20)13-14(21-12)23(3)16(25)22-15(13)24/h4-7H,1-3H3,(H,22,24,25). The summed E-state index contributed by atoms with van der Waals surface area (Å²) in [7, 11) is 1.47. The van der Waals surface area contributed by atoms with Crippen molar-refractivity contribution in [1.29, 1.82) is 0 Å². The minimum absolute atomic E-state index is 0.00959. The number of nitrogens with zero attached hydrogens (tertiary/aromatic N) is 2. The first kappa shape index (κ1) is 17.3. The van der Waals surface area contributed by atoms with Gasteiger partial charge in [-0.05, 0) is 49.3 Å². The van der Waals surface area contributed by atoms with E-state index >= 15 is 0 Å². The second kappa shape index (κ2) is 5.80. The lowest BCUT2D eigenvalue weighted by Gasteiger charge is -2.14. The minimum Gasteiger partial charge on any atom is -0.306 e. The van der Waals surface area contributed by atoms with Gasteiger partial charge >= 0.3 is 6.18 Å². The molecule has 2 heterocycles. The van der Waals surface area contributed by atoms with Gasteiger partial charge in [0.1, 0.15) is 5.65 Å². The predicted octanol–water partition coefficient (Wildman–Crippen LogP) is 4.29. The number of alkyl halides is 3. The second-order valence-electron chi connectivity index (χ2n) is 5.87. The maximum Gasteiger partial charge on any atom is 0.417 e. The molecular weight excluding hydrogens is 351 g/mol. The third-order valence-corrected chi connectivity index (χ3v) is 4.55. The molecule has 4 nitrogen and oxygen atoms in total. The Labute approximate surface area is 146 Å². The summed E-state index contributed by atoms with van der Waals surface area (Å²) in [5.41, 5.74) is 0.613. The number of H-pyrrole nitrogens is 1. The zero-order chi connectivity index (χ0) is 18.5. The summed E-state index contributed by atoms with van der Waals surface area (Å²) in [5.74, 6) is 0. The van der Waals surface area contributed by atoms with E-state index in [4.69, 9.17) is 12.2 Å². The SMILES string of the molecule is Cc1ccc(-c2cc(C(F)(F)F)c3c(=O)[nH]c(=S)n(C)c3n2)cc1C. The summed E-state index contributed by atoms with van der Waals surface area (Å²) in [5, 5.41) is -0.517. The number of hydrogen-bond donors (Lipinski definition) is 1. The average molecular weight is 365 g/mol. The van der Waals surface area contributed by atoms with Crippen LogP contribution in [0.4, 0.5) is 13.2 Å². The van der Waals surface area contributed by atoms with Gasteiger partial charge in [0.05, 0.1) is 16.6 Å². The van der Waals surface area contributed by atoms with Gasteiger partial charge in [-0.2, -0.15) is 13.2 Å². The van der Waals surface area contributed by atoms with Crippen molar-refractivity contribution in [3.05, 3.63) is 56.1 Å². The fourth-order valence-corrected chi connectivity index (χ4v) is 2.79. The Morgan fingerprint density at radius 3 is 2.44 bits per heavy atom. The number of benzene rings is 1. The Balaban J connectivity index is 2.47. The van der Waals surface area contributed by atoms with Gasteiger partial charge in [-0.25, -0.2) is 4.98 Å². The van der Waals surface area contributed by atoms with Gasteiger partial charge in [0.2, 0.25) is 0 Å². The number of halogens is 3. The Bertz CT molecular complexity index is 1110. The van der Waals surface area contributed by atoms with Crippen molar-refractivity contribution < 1.29 is 13.2 Å². The molecule has 1 N–H and O–H groups in total. The summed E-state index contributed by atoms with van der Waals surface area (Å²) < 4.78 is 41.9. The van der Waals surface area contributed by atoms with E-state index in [1.54, 1.807) is 12.1 Å². The summed E-state index contributed by atoms with van der Waals surface area (Å²) in [6.45, 7) is 3.79. The number of hydrogen-bond acceptors (Lipinski definition) is 3. The summed E-state index contributed by atoms with van der Waals surface area (Å²) in [6.07, 6.45) is -4.70. The van der Waals surface area contributed by atoms with Crippen molar-refractivity contribution in [3.63, 3.8) is 0 Å². The van der Waals surface area contributed by atoms with E-state index in [2.05, 4.69) is 9.97 Å². The molecule has 1 aromatic carbocycles. The van der Waals surface area contributed by atoms with E-state index in [1.807, 2.05) is 19.9 Å². The van der Waals surface area contributed by atoms with Crippen molar-refractivity contribution in [3.8, 4) is 11.3 Å². The average Bonchev–Trinajstić information content (AvgIpc) is 2.53. The Kier molecular flexibility index (Phi) is 4.03. The molecule has 0 amide bonds. The van der Waals surface area contributed by atoms with Crippen LogP contribution in [0.3, 0.4) is 0 Å². The van der Waals surface area contributed by atoms with E-state index in [0.717, 1.165) is 17.2 Å². The third kappa shape index (κ3) is 2.97. The first-order valence-electron chi connectivity index (χ1n) is 7.38. The zero-order valence-electron chi connectivity index (χ0n) is 13.7. The molecule has 0 saturated heterocycles. The second-order valence-corrected chi connectivity index (χ2v) is 6.26. The predicted molar refractivity (Wildman–Crippen MR) is 92.1 cm³/mol. The van der Waals surface area contributed by atoms with Gasteiger partial charge in [-0.1, -0.05) is 12.1 Å². The summed E-state index contributed by atoms with van der Waals surface area (Å²) in [6, 6.07) is 6.20. The molecule has 8 heteroatoms. The van der Waals surface area contributed by atoms with Crippen molar-refractivity contribution in [2.45, 2.75) is 20.0 Å². The molecule has 0 unspecified atom stereocenters. The molecule has 0 atom stereocenters. The maximum atomic E-state index is 13.6. The molecule has 0 radical (unpaired) electrons. The van der Waals surface area contributed by atoms with Crippen LogP contribution in [-0.4, -0.2) is 14.5 Å². The van der Waals surface area contributed by atoms with Gasteiger partial charge in [0.15, 0.2) is 4.77 Å². The minimum atomic E-state index is -4.70. The molecule has 3 rings (SSSR count). The van der Waals surface area contributed by atoms with E-state index in [0.29, 0.717) is 5.56 Å². The molecule has 0 aliphatic rings. The van der Waals surface area contributed by atoms with Crippen LogP contribution >= 0.6 is 12.2 Å². The first-order chi connectivity index (χ1) is 11.6. The molecule has 0 aliphatic heterocycles. The normalized spacial score (nSPS) is 11.9. The molecule has 3 aromatic rings. The lowest BCUT2D eigenvalue weighted by atomic mass is 10.0. The third-order valence-electron chi connectivity index (χ3n) is 4.18. The van der Waals surface area contributed by atoms with E-state index in [1.165, 1.54) is 11.6 Å². The number of aromatic nitrogens is 3. The van der Waals surface area contributed by atoms with Crippen LogP contribution in [0.5, 0.6) is 0 Å². The van der Waals surface area contributed by atoms with Crippen molar-refractivity contribution in [1.82, 2.24) is 14.5 Å². The number of aromatic amines is 1. The highest BCUT2D eigenvalue weighted by Crippen LogP contribution is 2.35. The van der Waals surface area contributed by atoms with Crippen LogP contribution in [0.25, 0.3) is 22.3 Å². The molecule has 0 spiro atoms. The van der Waals surface area contributed by atoms with E-state index < -0.39 is 22.7 Å². The number of rotatable bonds is 1. The van der Waals surface area contributed by atoms with Crippen LogP contribution < -0.4 is 5.56 Å². The maximum absolute atomic E-state index is 13.6. The fraction of sp³-hybridized carbons (Fsp3) is 0.235. The quantitative estimate of drug-likeness (QED) is 0.655. The lowest BCUT2D eigenvalue weighted by molar-refractivity contribution is -0.136. The summed E-state index contributed by atoms with van der Waals surface area (Å²) in [4.78, 5) is 18.6. The molecule has 0 fully saturated rings. The monoisotopic (exact) mass is 365 g/mol. The highest BCUT2D eigenvalue weighted by atomic mass is 32.1. The molecule has 0 aliphatic carbocycles. The van der Waals surface area contributed by atoms with Gasteiger partial charge in [0, 0.05) is 12.6 Å². The van der Waals surface area contributed by atoms with Crippen LogP contribution in [0.1, 0.15) is 16.7 Å². The molecule has 130 valence electrons. The highest BCUT2D eigenvalue weighted by molar-refractivity contribution is 7.71. The first-order valence-corrected chi connectivity index (χ1v) is 7.79. The molecule has 0 saturated carbocycles. The zero-order valence-corrected chi connectivity index (χ0v) is 14.5. The van der Waals surface area contributed by atoms with Crippen molar-refractivity contribution >= 4 is 23.3 Å². The van der Waals surface area contributed by atoms with E-state index in [-0.39, 0.29) is 16.1 Å².